The molecular weight excluding hydrogens is 456 g/mol. The van der Waals surface area contributed by atoms with Crippen molar-refractivity contribution in [2.24, 2.45) is 0 Å². The fourth-order valence-corrected chi connectivity index (χ4v) is 5.09. The van der Waals surface area contributed by atoms with E-state index in [4.69, 9.17) is 14.5 Å². The van der Waals surface area contributed by atoms with Crippen LogP contribution in [0.2, 0.25) is 0 Å². The minimum Gasteiger partial charge on any atom is -0.493 e. The van der Waals surface area contributed by atoms with Crippen LogP contribution in [-0.4, -0.2) is 34.4 Å². The molecule has 0 saturated heterocycles. The van der Waals surface area contributed by atoms with E-state index in [0.29, 0.717) is 34.6 Å². The smallest absolute Gasteiger partial charge is 0.279 e. The summed E-state index contributed by atoms with van der Waals surface area (Å²) in [4.78, 5) is 30.9. The number of benzene rings is 3. The predicted molar refractivity (Wildman–Crippen MR) is 138 cm³/mol. The Morgan fingerprint density at radius 1 is 0.972 bits per heavy atom. The van der Waals surface area contributed by atoms with Crippen LogP contribution in [0, 0.1) is 0 Å². The van der Waals surface area contributed by atoms with E-state index >= 15 is 0 Å². The molecule has 0 amide bonds. The van der Waals surface area contributed by atoms with Crippen molar-refractivity contribution in [3.63, 3.8) is 0 Å². The first-order valence-corrected chi connectivity index (χ1v) is 11.6. The maximum absolute atomic E-state index is 13.6. The fraction of sp³-hybridized carbons (Fsp3) is 0.179. The van der Waals surface area contributed by atoms with Crippen molar-refractivity contribution >= 4 is 27.7 Å². The molecule has 0 saturated carbocycles. The van der Waals surface area contributed by atoms with Gasteiger partial charge in [0.05, 0.1) is 36.7 Å². The van der Waals surface area contributed by atoms with Gasteiger partial charge in [-0.15, -0.1) is 0 Å². The maximum atomic E-state index is 13.6. The summed E-state index contributed by atoms with van der Waals surface area (Å²) in [7, 11) is 3.19. The van der Waals surface area contributed by atoms with Crippen LogP contribution in [0.5, 0.6) is 11.5 Å². The number of para-hydroxylation sites is 2. The van der Waals surface area contributed by atoms with Gasteiger partial charge in [0.1, 0.15) is 5.82 Å². The van der Waals surface area contributed by atoms with E-state index < -0.39 is 6.04 Å². The molecule has 3 aromatic carbocycles. The molecule has 1 aliphatic rings. The van der Waals surface area contributed by atoms with Crippen LogP contribution < -0.4 is 20.5 Å². The van der Waals surface area contributed by atoms with Gasteiger partial charge in [0.2, 0.25) is 5.91 Å². The summed E-state index contributed by atoms with van der Waals surface area (Å²) < 4.78 is 14.4. The van der Waals surface area contributed by atoms with Gasteiger partial charge >= 0.3 is 0 Å². The second-order valence-electron chi connectivity index (χ2n) is 8.82. The molecule has 1 N–H and O–H groups in total. The maximum Gasteiger partial charge on any atom is 0.279 e. The lowest BCUT2D eigenvalue weighted by Crippen LogP contribution is -2.34. The third-order valence-corrected chi connectivity index (χ3v) is 6.80. The number of aromatic nitrogens is 3. The average molecular weight is 481 g/mol. The van der Waals surface area contributed by atoms with E-state index in [2.05, 4.69) is 5.43 Å². The quantitative estimate of drug-likeness (QED) is 0.415. The van der Waals surface area contributed by atoms with Crippen molar-refractivity contribution in [2.45, 2.75) is 19.4 Å². The van der Waals surface area contributed by atoms with Gasteiger partial charge in [-0.3, -0.25) is 14.2 Å². The minimum atomic E-state index is -0.466. The molecule has 0 fully saturated rings. The topological polar surface area (TPSA) is 87.4 Å². The molecular formula is C28H24N4O4. The minimum absolute atomic E-state index is 0.0937. The predicted octanol–water partition coefficient (Wildman–Crippen LogP) is 4.27. The molecule has 5 aromatic rings. The zero-order valence-electron chi connectivity index (χ0n) is 20.1. The Labute approximate surface area is 206 Å². The molecule has 36 heavy (non-hydrogen) atoms. The van der Waals surface area contributed by atoms with Crippen molar-refractivity contribution in [1.82, 2.24) is 14.2 Å². The summed E-state index contributed by atoms with van der Waals surface area (Å²) in [5, 5.41) is 1.44. The van der Waals surface area contributed by atoms with Crippen LogP contribution in [-0.2, 0) is 6.42 Å². The third kappa shape index (κ3) is 3.25. The number of hydrogen-bond donors (Lipinski definition) is 1. The molecule has 3 heterocycles. The summed E-state index contributed by atoms with van der Waals surface area (Å²) in [5.74, 6) is 1.67. The van der Waals surface area contributed by atoms with Crippen molar-refractivity contribution in [3.8, 4) is 11.5 Å². The second kappa shape index (κ2) is 8.27. The first kappa shape index (κ1) is 21.9. The van der Waals surface area contributed by atoms with Crippen molar-refractivity contribution in [2.75, 3.05) is 19.6 Å². The number of nitrogens with one attached hydrogen (secondary N) is 1. The number of carbonyl (C=O) groups is 1. The van der Waals surface area contributed by atoms with E-state index in [1.54, 1.807) is 24.9 Å². The summed E-state index contributed by atoms with van der Waals surface area (Å²) in [5.41, 5.74) is 7.43. The normalized spacial score (nSPS) is 14.6. The number of methoxy groups -OCH3 is 2. The molecule has 180 valence electrons. The highest BCUT2D eigenvalue weighted by Crippen LogP contribution is 2.40. The Morgan fingerprint density at radius 2 is 1.67 bits per heavy atom. The van der Waals surface area contributed by atoms with E-state index in [1.807, 2.05) is 60.8 Å². The third-order valence-electron chi connectivity index (χ3n) is 6.80. The van der Waals surface area contributed by atoms with Gasteiger partial charge in [0, 0.05) is 30.5 Å². The molecule has 0 spiro atoms. The second-order valence-corrected chi connectivity index (χ2v) is 8.82. The van der Waals surface area contributed by atoms with E-state index in [-0.39, 0.29) is 11.5 Å². The monoisotopic (exact) mass is 480 g/mol. The van der Waals surface area contributed by atoms with Gasteiger partial charge < -0.3 is 14.9 Å². The van der Waals surface area contributed by atoms with Crippen LogP contribution in [0.25, 0.3) is 21.8 Å². The van der Waals surface area contributed by atoms with Crippen molar-refractivity contribution in [3.05, 3.63) is 99.7 Å². The van der Waals surface area contributed by atoms with Crippen LogP contribution in [0.1, 0.15) is 40.3 Å². The van der Waals surface area contributed by atoms with Gasteiger partial charge in [-0.05, 0) is 41.5 Å². The van der Waals surface area contributed by atoms with Gasteiger partial charge in [-0.2, -0.15) is 0 Å². The Balaban J connectivity index is 1.67. The zero-order chi connectivity index (χ0) is 25.0. The highest BCUT2D eigenvalue weighted by molar-refractivity contribution is 5.94. The average Bonchev–Trinajstić information content (AvgIpc) is 3.20. The highest BCUT2D eigenvalue weighted by Gasteiger charge is 2.29. The molecule has 0 radical (unpaired) electrons. The zero-order valence-corrected chi connectivity index (χ0v) is 20.1. The lowest BCUT2D eigenvalue weighted by atomic mass is 9.93. The Bertz CT molecular complexity index is 1730. The number of hydrogen-bond acceptors (Lipinski definition) is 6. The largest absolute Gasteiger partial charge is 0.493 e. The van der Waals surface area contributed by atoms with Crippen LogP contribution in [0.15, 0.2) is 71.7 Å². The van der Waals surface area contributed by atoms with Gasteiger partial charge in [-0.1, -0.05) is 30.3 Å². The number of ether oxygens (including phenoxy) is 2. The molecule has 1 atom stereocenters. The van der Waals surface area contributed by atoms with E-state index in [0.717, 1.165) is 27.6 Å². The SMILES string of the molecule is COc1cc2c(cc1OC)C(c1cn(C(C)=O)c3ccccc13)Nn1c(nc3ccccc3c1=O)C2. The molecule has 0 bridgehead atoms. The molecule has 6 rings (SSSR count). The van der Waals surface area contributed by atoms with Gasteiger partial charge in [0.25, 0.3) is 5.56 Å². The van der Waals surface area contributed by atoms with Gasteiger partial charge in [-0.25, -0.2) is 9.66 Å². The van der Waals surface area contributed by atoms with Crippen molar-refractivity contribution < 1.29 is 14.3 Å². The van der Waals surface area contributed by atoms with E-state index in [9.17, 15) is 9.59 Å². The number of fused-ring (bicyclic) bond motifs is 4. The summed E-state index contributed by atoms with van der Waals surface area (Å²) >= 11 is 0. The Hall–Kier alpha value is -4.59. The molecule has 8 heteroatoms. The summed E-state index contributed by atoms with van der Waals surface area (Å²) in [6, 6.07) is 18.5. The van der Waals surface area contributed by atoms with E-state index in [1.165, 1.54) is 11.6 Å². The summed E-state index contributed by atoms with van der Waals surface area (Å²) in [6.45, 7) is 1.54. The molecule has 2 aromatic heterocycles. The lowest BCUT2D eigenvalue weighted by molar-refractivity contribution is 0.0941. The lowest BCUT2D eigenvalue weighted by Gasteiger charge is -2.22. The molecule has 1 unspecified atom stereocenters. The number of nitrogens with zero attached hydrogens (tertiary/aromatic N) is 3. The first-order chi connectivity index (χ1) is 17.5. The van der Waals surface area contributed by atoms with Crippen LogP contribution >= 0.6 is 0 Å². The Morgan fingerprint density at radius 3 is 2.42 bits per heavy atom. The van der Waals surface area contributed by atoms with Crippen molar-refractivity contribution in [1.29, 1.82) is 0 Å². The first-order valence-electron chi connectivity index (χ1n) is 11.6. The number of rotatable bonds is 3. The van der Waals surface area contributed by atoms with Crippen LogP contribution in [0.4, 0.5) is 0 Å². The standard InChI is InChI=1S/C28H24N4O4/c1-16(33)31-15-21(18-8-5-7-11-23(18)31)27-20-14-25(36-3)24(35-2)12-17(20)13-26-29-22-10-6-4-9-19(22)28(34)32(26)30-27/h4-12,14-15,27,30H,13H2,1-3H3. The highest BCUT2D eigenvalue weighted by atomic mass is 16.5. The summed E-state index contributed by atoms with van der Waals surface area (Å²) in [6.07, 6.45) is 2.25. The molecule has 8 nitrogen and oxygen atoms in total. The number of carbonyl (C=O) groups excluding carboxylic acids is 1. The molecule has 1 aliphatic heterocycles. The Kier molecular flexibility index (Phi) is 5.03. The molecule has 0 aliphatic carbocycles. The van der Waals surface area contributed by atoms with Crippen LogP contribution in [0.3, 0.4) is 0 Å². The fourth-order valence-electron chi connectivity index (χ4n) is 5.09. The van der Waals surface area contributed by atoms with Gasteiger partial charge in [0.15, 0.2) is 11.5 Å².